The first-order chi connectivity index (χ1) is 8.54. The van der Waals surface area contributed by atoms with Gasteiger partial charge in [-0.25, -0.2) is 0 Å². The number of nitrogens with one attached hydrogen (secondary N) is 1. The summed E-state index contributed by atoms with van der Waals surface area (Å²) in [6.45, 7) is 4.19. The number of nitrogens with two attached hydrogens (primary N) is 1. The van der Waals surface area contributed by atoms with Crippen LogP contribution in [-0.2, 0) is 12.0 Å². The molecular weight excluding hydrogens is 224 g/mol. The number of aromatic nitrogens is 1. The minimum Gasteiger partial charge on any atom is -0.326 e. The van der Waals surface area contributed by atoms with Crippen LogP contribution in [0.5, 0.6) is 0 Å². The zero-order valence-electron chi connectivity index (χ0n) is 10.8. The lowest BCUT2D eigenvalue weighted by atomic mass is 9.63. The van der Waals surface area contributed by atoms with Crippen molar-refractivity contribution in [3.05, 3.63) is 57.0 Å². The van der Waals surface area contributed by atoms with Crippen molar-refractivity contribution in [1.29, 1.82) is 0 Å². The molecule has 0 saturated carbocycles. The maximum atomic E-state index is 11.5. The molecule has 2 aliphatic carbocycles. The van der Waals surface area contributed by atoms with Crippen molar-refractivity contribution in [2.75, 3.05) is 0 Å². The zero-order chi connectivity index (χ0) is 12.9. The average molecular weight is 242 g/mol. The molecule has 0 aliphatic heterocycles. The monoisotopic (exact) mass is 242 g/mol. The molecule has 0 aromatic carbocycles. The Morgan fingerprint density at radius 1 is 1.50 bits per heavy atom. The van der Waals surface area contributed by atoms with Crippen LogP contribution in [-0.4, -0.2) is 4.98 Å². The van der Waals surface area contributed by atoms with Crippen LogP contribution in [0.2, 0.25) is 0 Å². The molecule has 3 nitrogen and oxygen atoms in total. The first-order valence-electron chi connectivity index (χ1n) is 6.40. The Balaban J connectivity index is 2.28. The van der Waals surface area contributed by atoms with Crippen LogP contribution in [0.1, 0.15) is 31.5 Å². The number of hydrogen-bond donors (Lipinski definition) is 2. The smallest absolute Gasteiger partial charge is 0.248 e. The molecule has 0 fully saturated rings. The Morgan fingerprint density at radius 3 is 3.00 bits per heavy atom. The summed E-state index contributed by atoms with van der Waals surface area (Å²) in [4.78, 5) is 14.4. The van der Waals surface area contributed by atoms with Crippen LogP contribution in [0.15, 0.2) is 40.2 Å². The Bertz CT molecular complexity index is 624. The number of aromatic amines is 1. The number of hydrogen-bond acceptors (Lipinski definition) is 2. The second kappa shape index (κ2) is 3.69. The van der Waals surface area contributed by atoms with Crippen molar-refractivity contribution in [3.63, 3.8) is 0 Å². The number of rotatable bonds is 0. The third kappa shape index (κ3) is 1.44. The quantitative estimate of drug-likeness (QED) is 0.684. The van der Waals surface area contributed by atoms with Crippen molar-refractivity contribution >= 4 is 0 Å². The minimum absolute atomic E-state index is 0.0416. The van der Waals surface area contributed by atoms with E-state index in [1.807, 2.05) is 6.07 Å². The molecule has 1 heterocycles. The van der Waals surface area contributed by atoms with E-state index in [1.165, 1.54) is 11.1 Å². The highest BCUT2D eigenvalue weighted by atomic mass is 16.1. The summed E-state index contributed by atoms with van der Waals surface area (Å²) >= 11 is 0. The maximum Gasteiger partial charge on any atom is 0.248 e. The van der Waals surface area contributed by atoms with Gasteiger partial charge in [-0.05, 0) is 43.9 Å². The molecule has 3 N–H and O–H groups in total. The van der Waals surface area contributed by atoms with Crippen molar-refractivity contribution in [1.82, 2.24) is 4.98 Å². The predicted molar refractivity (Wildman–Crippen MR) is 72.3 cm³/mol. The molecule has 1 aromatic rings. The number of fused-ring (bicyclic) bond motifs is 4. The lowest BCUT2D eigenvalue weighted by Gasteiger charge is -2.45. The Kier molecular flexibility index (Phi) is 2.35. The van der Waals surface area contributed by atoms with Crippen LogP contribution in [0, 0.1) is 5.92 Å². The van der Waals surface area contributed by atoms with Gasteiger partial charge in [0.15, 0.2) is 0 Å². The van der Waals surface area contributed by atoms with E-state index in [9.17, 15) is 4.79 Å². The lowest BCUT2D eigenvalue weighted by Crippen LogP contribution is -2.48. The van der Waals surface area contributed by atoms with Gasteiger partial charge >= 0.3 is 0 Å². The van der Waals surface area contributed by atoms with E-state index in [1.54, 1.807) is 6.07 Å². The predicted octanol–water partition coefficient (Wildman–Crippen LogP) is 2.00. The second-order valence-corrected chi connectivity index (χ2v) is 5.43. The molecule has 2 aliphatic rings. The van der Waals surface area contributed by atoms with Gasteiger partial charge in [0, 0.05) is 17.7 Å². The van der Waals surface area contributed by atoms with Gasteiger partial charge in [0.2, 0.25) is 5.56 Å². The number of H-pyrrole nitrogens is 1. The van der Waals surface area contributed by atoms with E-state index >= 15 is 0 Å². The van der Waals surface area contributed by atoms with Crippen LogP contribution < -0.4 is 11.3 Å². The lowest BCUT2D eigenvalue weighted by molar-refractivity contribution is 0.409. The topological polar surface area (TPSA) is 58.9 Å². The summed E-state index contributed by atoms with van der Waals surface area (Å²) in [6, 6.07) is 3.47. The summed E-state index contributed by atoms with van der Waals surface area (Å²) < 4.78 is 0. The SMILES string of the molecule is CC=C1[C@@H]2C=C(C)C[C@]1(N)c1ccc(=O)[nH]c1C2. The Morgan fingerprint density at radius 2 is 2.28 bits per heavy atom. The van der Waals surface area contributed by atoms with Gasteiger partial charge in [-0.2, -0.15) is 0 Å². The molecule has 1 aromatic heterocycles. The van der Waals surface area contributed by atoms with Gasteiger partial charge in [-0.3, -0.25) is 4.79 Å². The van der Waals surface area contributed by atoms with Crippen molar-refractivity contribution in [3.8, 4) is 0 Å². The van der Waals surface area contributed by atoms with Crippen LogP contribution in [0.25, 0.3) is 0 Å². The standard InChI is InChI=1S/C15H18N2O/c1-3-11-10-6-9(2)8-15(11,16)12-4-5-14(18)17-13(12)7-10/h3-6,10H,7-8,16H2,1-2H3,(H,17,18)/t10-,15-/m1/s1. The summed E-state index contributed by atoms with van der Waals surface area (Å²) in [5, 5.41) is 0. The fourth-order valence-corrected chi connectivity index (χ4v) is 3.57. The van der Waals surface area contributed by atoms with E-state index < -0.39 is 5.54 Å². The molecule has 94 valence electrons. The molecule has 3 heteroatoms. The van der Waals surface area contributed by atoms with Crippen LogP contribution in [0.3, 0.4) is 0 Å². The third-order valence-electron chi connectivity index (χ3n) is 4.17. The molecule has 3 rings (SSSR count). The minimum atomic E-state index is -0.434. The van der Waals surface area contributed by atoms with Crippen molar-refractivity contribution in [2.45, 2.75) is 32.2 Å². The van der Waals surface area contributed by atoms with E-state index in [-0.39, 0.29) is 5.56 Å². The zero-order valence-corrected chi connectivity index (χ0v) is 10.8. The second-order valence-electron chi connectivity index (χ2n) is 5.43. The fraction of sp³-hybridized carbons (Fsp3) is 0.400. The summed E-state index contributed by atoms with van der Waals surface area (Å²) in [5.41, 5.74) is 10.9. The van der Waals surface area contributed by atoms with Crippen LogP contribution in [0.4, 0.5) is 0 Å². The molecule has 2 bridgehead atoms. The Hall–Kier alpha value is -1.61. The van der Waals surface area contributed by atoms with E-state index in [0.717, 1.165) is 24.1 Å². The summed E-state index contributed by atoms with van der Waals surface area (Å²) in [5.74, 6) is 0.333. The number of allylic oxidation sites excluding steroid dienone is 2. The largest absolute Gasteiger partial charge is 0.326 e. The average Bonchev–Trinajstić information content (AvgIpc) is 2.26. The highest BCUT2D eigenvalue weighted by molar-refractivity contribution is 5.48. The number of pyridine rings is 1. The third-order valence-corrected chi connectivity index (χ3v) is 4.17. The van der Waals surface area contributed by atoms with Crippen molar-refractivity contribution in [2.24, 2.45) is 11.7 Å². The summed E-state index contributed by atoms with van der Waals surface area (Å²) in [6.07, 6.45) is 6.11. The van der Waals surface area contributed by atoms with Crippen LogP contribution >= 0.6 is 0 Å². The molecule has 0 saturated heterocycles. The van der Waals surface area contributed by atoms with Gasteiger partial charge in [0.25, 0.3) is 0 Å². The molecule has 2 atom stereocenters. The molecule has 18 heavy (non-hydrogen) atoms. The molecule has 0 amide bonds. The maximum absolute atomic E-state index is 11.5. The molecule has 0 unspecified atom stereocenters. The molecule has 0 radical (unpaired) electrons. The summed E-state index contributed by atoms with van der Waals surface area (Å²) in [7, 11) is 0. The van der Waals surface area contributed by atoms with Gasteiger partial charge in [0.1, 0.15) is 0 Å². The Labute approximate surface area is 106 Å². The fourth-order valence-electron chi connectivity index (χ4n) is 3.57. The molecule has 0 spiro atoms. The van der Waals surface area contributed by atoms with Gasteiger partial charge in [-0.15, -0.1) is 0 Å². The normalized spacial score (nSPS) is 32.1. The van der Waals surface area contributed by atoms with E-state index in [4.69, 9.17) is 5.73 Å². The van der Waals surface area contributed by atoms with Gasteiger partial charge < -0.3 is 10.7 Å². The highest BCUT2D eigenvalue weighted by Crippen LogP contribution is 2.47. The molecular formula is C15H18N2O. The van der Waals surface area contributed by atoms with E-state index in [0.29, 0.717) is 5.92 Å². The van der Waals surface area contributed by atoms with E-state index in [2.05, 4.69) is 31.0 Å². The highest BCUT2D eigenvalue weighted by Gasteiger charge is 2.43. The first-order valence-corrected chi connectivity index (χ1v) is 6.40. The van der Waals surface area contributed by atoms with Gasteiger partial charge in [0.05, 0.1) is 5.54 Å². The first kappa shape index (κ1) is 11.5. The van der Waals surface area contributed by atoms with Gasteiger partial charge in [-0.1, -0.05) is 17.7 Å². The van der Waals surface area contributed by atoms with Crippen molar-refractivity contribution < 1.29 is 0 Å².